The molecule has 1 aromatic carbocycles. The summed E-state index contributed by atoms with van der Waals surface area (Å²) in [5.74, 6) is 1.56. The van der Waals surface area contributed by atoms with E-state index >= 15 is 0 Å². The van der Waals surface area contributed by atoms with E-state index in [9.17, 15) is 4.79 Å². The zero-order chi connectivity index (χ0) is 13.8. The van der Waals surface area contributed by atoms with Crippen LogP contribution in [0.3, 0.4) is 0 Å². The second-order valence-corrected chi connectivity index (χ2v) is 5.54. The Morgan fingerprint density at radius 2 is 2.15 bits per heavy atom. The summed E-state index contributed by atoms with van der Waals surface area (Å²) in [6, 6.07) is 8.25. The van der Waals surface area contributed by atoms with Gasteiger partial charge in [-0.2, -0.15) is 0 Å². The Kier molecular flexibility index (Phi) is 4.33. The molecule has 0 amide bonds. The first-order valence-corrected chi connectivity index (χ1v) is 7.37. The second-order valence-electron chi connectivity index (χ2n) is 5.54. The van der Waals surface area contributed by atoms with Crippen LogP contribution in [0.2, 0.25) is 0 Å². The summed E-state index contributed by atoms with van der Waals surface area (Å²) in [7, 11) is 0. The van der Waals surface area contributed by atoms with Crippen molar-refractivity contribution in [3.05, 3.63) is 29.8 Å². The topological polar surface area (TPSA) is 47.6 Å². The number of fused-ring (bicyclic) bond motifs is 1. The first-order chi connectivity index (χ1) is 9.83. The zero-order valence-corrected chi connectivity index (χ0v) is 11.6. The quantitative estimate of drug-likeness (QED) is 0.911. The largest absolute Gasteiger partial charge is 0.493 e. The van der Waals surface area contributed by atoms with Gasteiger partial charge in [0.1, 0.15) is 11.5 Å². The third-order valence-electron chi connectivity index (χ3n) is 4.03. The number of para-hydroxylation sites is 1. The summed E-state index contributed by atoms with van der Waals surface area (Å²) in [5, 5.41) is 3.34. The predicted octanol–water partition coefficient (Wildman–Crippen LogP) is 1.89. The van der Waals surface area contributed by atoms with E-state index in [0.29, 0.717) is 37.8 Å². The number of nitrogens with one attached hydrogen (secondary N) is 1. The summed E-state index contributed by atoms with van der Waals surface area (Å²) >= 11 is 0. The lowest BCUT2D eigenvalue weighted by atomic mass is 9.87. The molecule has 2 aliphatic rings. The number of ether oxygens (including phenoxy) is 2. The van der Waals surface area contributed by atoms with Crippen LogP contribution in [0.15, 0.2) is 24.3 Å². The SMILES string of the molecule is O=C(CC1COCCN1)CC1CCOc2ccccc21. The minimum Gasteiger partial charge on any atom is -0.493 e. The van der Waals surface area contributed by atoms with Crippen LogP contribution in [0.4, 0.5) is 0 Å². The molecule has 1 fully saturated rings. The molecule has 2 heterocycles. The molecule has 4 heteroatoms. The highest BCUT2D eigenvalue weighted by Crippen LogP contribution is 2.35. The third-order valence-corrected chi connectivity index (χ3v) is 4.03. The van der Waals surface area contributed by atoms with Gasteiger partial charge in [0.2, 0.25) is 0 Å². The van der Waals surface area contributed by atoms with Crippen molar-refractivity contribution in [3.8, 4) is 5.75 Å². The van der Waals surface area contributed by atoms with Crippen molar-refractivity contribution >= 4 is 5.78 Å². The van der Waals surface area contributed by atoms with Crippen molar-refractivity contribution in [2.45, 2.75) is 31.2 Å². The molecule has 1 aromatic rings. The smallest absolute Gasteiger partial charge is 0.135 e. The van der Waals surface area contributed by atoms with Crippen LogP contribution in [-0.2, 0) is 9.53 Å². The van der Waals surface area contributed by atoms with E-state index in [0.717, 1.165) is 25.3 Å². The molecule has 2 aliphatic heterocycles. The highest BCUT2D eigenvalue weighted by Gasteiger charge is 2.25. The first-order valence-electron chi connectivity index (χ1n) is 7.37. The lowest BCUT2D eigenvalue weighted by Crippen LogP contribution is -2.42. The summed E-state index contributed by atoms with van der Waals surface area (Å²) < 4.78 is 11.0. The van der Waals surface area contributed by atoms with Crippen molar-refractivity contribution in [1.82, 2.24) is 5.32 Å². The number of benzene rings is 1. The van der Waals surface area contributed by atoms with Crippen LogP contribution < -0.4 is 10.1 Å². The van der Waals surface area contributed by atoms with Crippen LogP contribution >= 0.6 is 0 Å². The van der Waals surface area contributed by atoms with Gasteiger partial charge in [-0.05, 0) is 24.0 Å². The highest BCUT2D eigenvalue weighted by molar-refractivity contribution is 5.80. The van der Waals surface area contributed by atoms with Crippen LogP contribution in [0.25, 0.3) is 0 Å². The van der Waals surface area contributed by atoms with Gasteiger partial charge in [-0.1, -0.05) is 18.2 Å². The number of Topliss-reactive ketones (excluding diaryl/α,β-unsaturated/α-hetero) is 1. The third kappa shape index (κ3) is 3.19. The second kappa shape index (κ2) is 6.37. The van der Waals surface area contributed by atoms with Crippen molar-refractivity contribution in [3.63, 3.8) is 0 Å². The molecular formula is C16H21NO3. The van der Waals surface area contributed by atoms with Gasteiger partial charge in [0, 0.05) is 25.4 Å². The number of rotatable bonds is 4. The predicted molar refractivity (Wildman–Crippen MR) is 76.1 cm³/mol. The summed E-state index contributed by atoms with van der Waals surface area (Å²) in [6.07, 6.45) is 2.11. The molecule has 1 saturated heterocycles. The number of carbonyl (C=O) groups is 1. The minimum atomic E-state index is 0.186. The van der Waals surface area contributed by atoms with Gasteiger partial charge in [0.15, 0.2) is 0 Å². The molecule has 0 radical (unpaired) electrons. The van der Waals surface area contributed by atoms with Gasteiger partial charge in [0.25, 0.3) is 0 Å². The van der Waals surface area contributed by atoms with Crippen molar-refractivity contribution in [2.75, 3.05) is 26.4 Å². The fourth-order valence-corrected chi connectivity index (χ4v) is 3.01. The van der Waals surface area contributed by atoms with E-state index in [-0.39, 0.29) is 6.04 Å². The Balaban J connectivity index is 1.59. The van der Waals surface area contributed by atoms with E-state index in [1.165, 1.54) is 5.56 Å². The van der Waals surface area contributed by atoms with Gasteiger partial charge in [-0.15, -0.1) is 0 Å². The van der Waals surface area contributed by atoms with E-state index in [1.54, 1.807) is 0 Å². The number of carbonyl (C=O) groups excluding carboxylic acids is 1. The molecule has 0 bridgehead atoms. The standard InChI is InChI=1S/C16H21NO3/c18-14(10-13-11-19-8-6-17-13)9-12-5-7-20-16-4-2-1-3-15(12)16/h1-4,12-13,17H,5-11H2. The average Bonchev–Trinajstić information content (AvgIpc) is 2.48. The van der Waals surface area contributed by atoms with E-state index in [2.05, 4.69) is 11.4 Å². The van der Waals surface area contributed by atoms with Crippen molar-refractivity contribution in [1.29, 1.82) is 0 Å². The van der Waals surface area contributed by atoms with Crippen LogP contribution in [-0.4, -0.2) is 38.2 Å². The molecule has 0 saturated carbocycles. The molecule has 1 N–H and O–H groups in total. The van der Waals surface area contributed by atoms with Crippen LogP contribution in [0, 0.1) is 0 Å². The Labute approximate surface area is 119 Å². The Morgan fingerprint density at radius 3 is 3.00 bits per heavy atom. The summed E-state index contributed by atoms with van der Waals surface area (Å²) in [6.45, 7) is 2.95. The molecular weight excluding hydrogens is 254 g/mol. The summed E-state index contributed by atoms with van der Waals surface area (Å²) in [5.41, 5.74) is 1.18. The molecule has 2 unspecified atom stereocenters. The first kappa shape index (κ1) is 13.6. The average molecular weight is 275 g/mol. The van der Waals surface area contributed by atoms with E-state index in [1.807, 2.05) is 18.2 Å². The number of ketones is 1. The fourth-order valence-electron chi connectivity index (χ4n) is 3.01. The monoisotopic (exact) mass is 275 g/mol. The van der Waals surface area contributed by atoms with Crippen molar-refractivity contribution in [2.24, 2.45) is 0 Å². The minimum absolute atomic E-state index is 0.186. The molecule has 4 nitrogen and oxygen atoms in total. The van der Waals surface area contributed by atoms with Gasteiger partial charge < -0.3 is 14.8 Å². The zero-order valence-electron chi connectivity index (χ0n) is 11.6. The Hall–Kier alpha value is -1.39. The van der Waals surface area contributed by atoms with Crippen LogP contribution in [0.5, 0.6) is 5.75 Å². The maximum Gasteiger partial charge on any atom is 0.135 e. The summed E-state index contributed by atoms with van der Waals surface area (Å²) in [4.78, 5) is 12.3. The number of hydrogen-bond acceptors (Lipinski definition) is 4. The number of hydrogen-bond donors (Lipinski definition) is 1. The molecule has 0 spiro atoms. The lowest BCUT2D eigenvalue weighted by molar-refractivity contribution is -0.120. The van der Waals surface area contributed by atoms with Crippen LogP contribution in [0.1, 0.15) is 30.7 Å². The molecule has 3 rings (SSSR count). The normalized spacial score (nSPS) is 25.6. The Morgan fingerprint density at radius 1 is 1.25 bits per heavy atom. The molecule has 20 heavy (non-hydrogen) atoms. The van der Waals surface area contributed by atoms with Gasteiger partial charge in [-0.3, -0.25) is 4.79 Å². The van der Waals surface area contributed by atoms with Crippen molar-refractivity contribution < 1.29 is 14.3 Å². The van der Waals surface area contributed by atoms with E-state index < -0.39 is 0 Å². The maximum absolute atomic E-state index is 12.3. The Bertz CT molecular complexity index is 469. The molecule has 108 valence electrons. The molecule has 0 aliphatic carbocycles. The van der Waals surface area contributed by atoms with Gasteiger partial charge >= 0.3 is 0 Å². The fraction of sp³-hybridized carbons (Fsp3) is 0.562. The maximum atomic E-state index is 12.3. The molecule has 2 atom stereocenters. The van der Waals surface area contributed by atoms with Gasteiger partial charge in [-0.25, -0.2) is 0 Å². The van der Waals surface area contributed by atoms with Gasteiger partial charge in [0.05, 0.1) is 19.8 Å². The lowest BCUT2D eigenvalue weighted by Gasteiger charge is -2.27. The highest BCUT2D eigenvalue weighted by atomic mass is 16.5. The van der Waals surface area contributed by atoms with E-state index in [4.69, 9.17) is 9.47 Å². The molecule has 0 aromatic heterocycles. The number of morpholine rings is 1.